The average Bonchev–Trinajstić information content (AvgIpc) is 3.26. The number of epoxide rings is 1. The van der Waals surface area contributed by atoms with Gasteiger partial charge in [0.2, 0.25) is 0 Å². The van der Waals surface area contributed by atoms with Gasteiger partial charge in [0.25, 0.3) is 0 Å². The summed E-state index contributed by atoms with van der Waals surface area (Å²) in [6.45, 7) is 11.3. The van der Waals surface area contributed by atoms with Crippen LogP contribution in [0.2, 0.25) is 0 Å². The van der Waals surface area contributed by atoms with E-state index in [4.69, 9.17) is 14.2 Å². The molecule has 0 aromatic heterocycles. The molecule has 0 amide bonds. The van der Waals surface area contributed by atoms with Crippen LogP contribution in [0.3, 0.4) is 0 Å². The summed E-state index contributed by atoms with van der Waals surface area (Å²) in [7, 11) is 0. The van der Waals surface area contributed by atoms with Crippen LogP contribution in [0.25, 0.3) is 6.08 Å². The highest BCUT2D eigenvalue weighted by atomic mass is 16.6. The molecule has 20 heavy (non-hydrogen) atoms. The Kier molecular flexibility index (Phi) is 5.02. The van der Waals surface area contributed by atoms with E-state index in [0.29, 0.717) is 19.0 Å². The Morgan fingerprint density at radius 2 is 2.05 bits per heavy atom. The van der Waals surface area contributed by atoms with Crippen LogP contribution in [0.5, 0.6) is 5.75 Å². The van der Waals surface area contributed by atoms with Crippen LogP contribution in [0.15, 0.2) is 54.8 Å². The molecule has 1 aliphatic rings. The second kappa shape index (κ2) is 6.96. The van der Waals surface area contributed by atoms with Crippen LogP contribution in [-0.4, -0.2) is 25.9 Å². The fourth-order valence-corrected chi connectivity index (χ4v) is 1.48. The lowest BCUT2D eigenvalue weighted by Gasteiger charge is -2.05. The molecule has 1 fully saturated rings. The lowest BCUT2D eigenvalue weighted by atomic mass is 10.2. The minimum absolute atomic E-state index is 0.285. The van der Waals surface area contributed by atoms with Crippen LogP contribution in [-0.2, 0) is 9.47 Å². The average molecular weight is 272 g/mol. The summed E-state index contributed by atoms with van der Waals surface area (Å²) < 4.78 is 16.1. The zero-order chi connectivity index (χ0) is 14.4. The third-order valence-corrected chi connectivity index (χ3v) is 2.86. The number of ether oxygens (including phenoxy) is 3. The molecule has 3 nitrogen and oxygen atoms in total. The van der Waals surface area contributed by atoms with Crippen LogP contribution >= 0.6 is 0 Å². The van der Waals surface area contributed by atoms with Crippen molar-refractivity contribution in [2.24, 2.45) is 0 Å². The van der Waals surface area contributed by atoms with Crippen LogP contribution in [0.4, 0.5) is 0 Å². The Bertz CT molecular complexity index is 495. The van der Waals surface area contributed by atoms with E-state index in [1.165, 1.54) is 0 Å². The molecular formula is C17H20O3. The Morgan fingerprint density at radius 1 is 1.35 bits per heavy atom. The third-order valence-electron chi connectivity index (χ3n) is 2.86. The Balaban J connectivity index is 1.74. The number of benzene rings is 1. The first-order valence-electron chi connectivity index (χ1n) is 6.64. The fourth-order valence-electron chi connectivity index (χ4n) is 1.48. The molecule has 106 valence electrons. The normalized spacial score (nSPS) is 16.9. The van der Waals surface area contributed by atoms with Crippen LogP contribution in [0.1, 0.15) is 12.5 Å². The van der Waals surface area contributed by atoms with Gasteiger partial charge in [0.1, 0.15) is 30.8 Å². The molecule has 1 unspecified atom stereocenters. The van der Waals surface area contributed by atoms with Gasteiger partial charge >= 0.3 is 0 Å². The quantitative estimate of drug-likeness (QED) is 0.412. The van der Waals surface area contributed by atoms with Crippen molar-refractivity contribution in [2.75, 3.05) is 19.8 Å². The van der Waals surface area contributed by atoms with Crippen molar-refractivity contribution in [1.82, 2.24) is 0 Å². The molecule has 0 aliphatic carbocycles. The number of hydrogen-bond donors (Lipinski definition) is 0. The second-order valence-corrected chi connectivity index (χ2v) is 4.75. The summed E-state index contributed by atoms with van der Waals surface area (Å²) in [5.41, 5.74) is 1.95. The molecule has 1 heterocycles. The highest BCUT2D eigenvalue weighted by molar-refractivity contribution is 5.50. The molecule has 1 atom stereocenters. The third kappa shape index (κ3) is 4.94. The fraction of sp³-hybridized carbons (Fsp3) is 0.294. The molecule has 1 aromatic carbocycles. The van der Waals surface area contributed by atoms with Crippen molar-refractivity contribution in [3.05, 3.63) is 60.4 Å². The van der Waals surface area contributed by atoms with Gasteiger partial charge in [-0.15, -0.1) is 0 Å². The molecule has 1 aromatic rings. The summed E-state index contributed by atoms with van der Waals surface area (Å²) in [6.07, 6.45) is 4.23. The predicted octanol–water partition coefficient (Wildman–Crippen LogP) is 3.58. The Labute approximate surface area is 120 Å². The number of allylic oxidation sites excluding steroid dienone is 1. The monoisotopic (exact) mass is 272 g/mol. The van der Waals surface area contributed by atoms with Crippen molar-refractivity contribution in [3.63, 3.8) is 0 Å². The van der Waals surface area contributed by atoms with Crippen molar-refractivity contribution >= 4 is 6.08 Å². The van der Waals surface area contributed by atoms with E-state index in [0.717, 1.165) is 23.5 Å². The van der Waals surface area contributed by atoms with Gasteiger partial charge in [0, 0.05) is 0 Å². The Morgan fingerprint density at radius 3 is 2.65 bits per heavy atom. The zero-order valence-corrected chi connectivity index (χ0v) is 11.8. The van der Waals surface area contributed by atoms with Crippen molar-refractivity contribution in [3.8, 4) is 5.75 Å². The summed E-state index contributed by atoms with van der Waals surface area (Å²) in [6, 6.07) is 7.92. The van der Waals surface area contributed by atoms with Gasteiger partial charge in [-0.2, -0.15) is 0 Å². The lowest BCUT2D eigenvalue weighted by molar-refractivity contribution is 0.259. The van der Waals surface area contributed by atoms with E-state index in [2.05, 4.69) is 13.2 Å². The van der Waals surface area contributed by atoms with E-state index in [9.17, 15) is 0 Å². The summed E-state index contributed by atoms with van der Waals surface area (Å²) in [4.78, 5) is 0. The molecule has 1 saturated heterocycles. The summed E-state index contributed by atoms with van der Waals surface area (Å²) in [5.74, 6) is 1.49. The van der Waals surface area contributed by atoms with Crippen LogP contribution < -0.4 is 4.74 Å². The van der Waals surface area contributed by atoms with E-state index < -0.39 is 0 Å². The van der Waals surface area contributed by atoms with Gasteiger partial charge in [0.15, 0.2) is 0 Å². The standard InChI is InChI=1S/C17H20O3/c1-13(2)14(3)18-10-4-5-15-6-8-16(9-7-15)19-11-17-12-20-17/h4-9,17H,1,3,10-12H2,2H3/b5-4+. The maximum atomic E-state index is 5.57. The van der Waals surface area contributed by atoms with E-state index >= 15 is 0 Å². The maximum absolute atomic E-state index is 5.57. The van der Waals surface area contributed by atoms with Gasteiger partial charge < -0.3 is 14.2 Å². The van der Waals surface area contributed by atoms with Crippen LogP contribution in [0, 0.1) is 0 Å². The van der Waals surface area contributed by atoms with E-state index in [1.807, 2.05) is 43.3 Å². The first-order chi connectivity index (χ1) is 9.65. The molecular weight excluding hydrogens is 252 g/mol. The molecule has 2 rings (SSSR count). The minimum atomic E-state index is 0.285. The van der Waals surface area contributed by atoms with E-state index in [1.54, 1.807) is 0 Å². The minimum Gasteiger partial charge on any atom is -0.491 e. The molecule has 1 aliphatic heterocycles. The highest BCUT2D eigenvalue weighted by Gasteiger charge is 2.22. The zero-order valence-electron chi connectivity index (χ0n) is 11.8. The highest BCUT2D eigenvalue weighted by Crippen LogP contribution is 2.16. The van der Waals surface area contributed by atoms with E-state index in [-0.39, 0.29) is 6.10 Å². The lowest BCUT2D eigenvalue weighted by Crippen LogP contribution is -2.03. The second-order valence-electron chi connectivity index (χ2n) is 4.75. The SMILES string of the molecule is C=C(C)C(=C)OC/C=C/c1ccc(OCC2CO2)cc1. The summed E-state index contributed by atoms with van der Waals surface area (Å²) >= 11 is 0. The Hall–Kier alpha value is -2.00. The molecule has 0 N–H and O–H groups in total. The van der Waals surface area contributed by atoms with Gasteiger partial charge in [-0.1, -0.05) is 31.4 Å². The van der Waals surface area contributed by atoms with Gasteiger partial charge in [-0.3, -0.25) is 0 Å². The molecule has 3 heteroatoms. The first kappa shape index (κ1) is 14.4. The summed E-state index contributed by atoms with van der Waals surface area (Å²) in [5, 5.41) is 0. The van der Waals surface area contributed by atoms with Crippen molar-refractivity contribution < 1.29 is 14.2 Å². The molecule has 0 radical (unpaired) electrons. The van der Waals surface area contributed by atoms with Crippen molar-refractivity contribution in [2.45, 2.75) is 13.0 Å². The smallest absolute Gasteiger partial charge is 0.119 e. The van der Waals surface area contributed by atoms with Crippen molar-refractivity contribution in [1.29, 1.82) is 0 Å². The maximum Gasteiger partial charge on any atom is 0.119 e. The predicted molar refractivity (Wildman–Crippen MR) is 80.6 cm³/mol. The van der Waals surface area contributed by atoms with Gasteiger partial charge in [-0.25, -0.2) is 0 Å². The molecule has 0 bridgehead atoms. The largest absolute Gasteiger partial charge is 0.491 e. The number of hydrogen-bond acceptors (Lipinski definition) is 3. The first-order valence-corrected chi connectivity index (χ1v) is 6.64. The topological polar surface area (TPSA) is 31.0 Å². The number of rotatable bonds is 8. The molecule has 0 spiro atoms. The molecule has 0 saturated carbocycles. The van der Waals surface area contributed by atoms with Gasteiger partial charge in [0.05, 0.1) is 6.61 Å². The van der Waals surface area contributed by atoms with Gasteiger partial charge in [-0.05, 0) is 36.3 Å².